The molecule has 0 fully saturated rings. The molecule has 94 valence electrons. The Morgan fingerprint density at radius 3 is 2.53 bits per heavy atom. The van der Waals surface area contributed by atoms with Gasteiger partial charge in [0, 0.05) is 12.5 Å². The molecule has 2 heteroatoms. The number of unbranched alkanes of at least 4 members (excludes halogenated alkanes) is 1. The Labute approximate surface area is 104 Å². The second-order valence-corrected chi connectivity index (χ2v) is 4.45. The van der Waals surface area contributed by atoms with Crippen LogP contribution in [0.2, 0.25) is 0 Å². The van der Waals surface area contributed by atoms with Gasteiger partial charge in [-0.05, 0) is 18.4 Å². The molecule has 17 heavy (non-hydrogen) atoms. The third-order valence-corrected chi connectivity index (χ3v) is 3.08. The van der Waals surface area contributed by atoms with Gasteiger partial charge in [0.2, 0.25) is 5.91 Å². The van der Waals surface area contributed by atoms with Crippen LogP contribution in [-0.4, -0.2) is 5.91 Å². The third-order valence-electron chi connectivity index (χ3n) is 3.08. The second kappa shape index (κ2) is 7.88. The van der Waals surface area contributed by atoms with Crippen LogP contribution in [0.25, 0.3) is 0 Å². The van der Waals surface area contributed by atoms with Gasteiger partial charge >= 0.3 is 0 Å². The Morgan fingerprint density at radius 1 is 1.24 bits per heavy atom. The smallest absolute Gasteiger partial charge is 0.223 e. The minimum absolute atomic E-state index is 0.179. The van der Waals surface area contributed by atoms with Crippen LogP contribution in [0.1, 0.15) is 45.1 Å². The minimum Gasteiger partial charge on any atom is -0.352 e. The molecule has 0 aromatic heterocycles. The van der Waals surface area contributed by atoms with E-state index < -0.39 is 0 Å². The number of carbonyl (C=O) groups excluding carboxylic acids is 1. The molecule has 0 saturated carbocycles. The monoisotopic (exact) mass is 233 g/mol. The lowest BCUT2D eigenvalue weighted by molar-refractivity contribution is -0.125. The maximum absolute atomic E-state index is 11.9. The zero-order valence-corrected chi connectivity index (χ0v) is 10.9. The van der Waals surface area contributed by atoms with Crippen molar-refractivity contribution in [1.82, 2.24) is 5.32 Å². The molecule has 1 atom stereocenters. The van der Waals surface area contributed by atoms with Crippen molar-refractivity contribution in [2.75, 3.05) is 0 Å². The highest BCUT2D eigenvalue weighted by molar-refractivity contribution is 5.78. The van der Waals surface area contributed by atoms with E-state index in [1.54, 1.807) is 0 Å². The summed E-state index contributed by atoms with van der Waals surface area (Å²) in [5.41, 5.74) is 1.16. The van der Waals surface area contributed by atoms with Crippen molar-refractivity contribution in [1.29, 1.82) is 0 Å². The molecule has 0 radical (unpaired) electrons. The molecule has 1 amide bonds. The first kappa shape index (κ1) is 13.8. The van der Waals surface area contributed by atoms with Gasteiger partial charge in [0.1, 0.15) is 0 Å². The van der Waals surface area contributed by atoms with Crippen LogP contribution in [0.4, 0.5) is 0 Å². The predicted octanol–water partition coefficient (Wildman–Crippen LogP) is 3.52. The van der Waals surface area contributed by atoms with E-state index in [1.165, 1.54) is 0 Å². The van der Waals surface area contributed by atoms with Crippen molar-refractivity contribution in [3.05, 3.63) is 35.9 Å². The summed E-state index contributed by atoms with van der Waals surface area (Å²) in [6.45, 7) is 4.89. The average Bonchev–Trinajstić information content (AvgIpc) is 2.38. The molecule has 0 aliphatic carbocycles. The van der Waals surface area contributed by atoms with E-state index in [4.69, 9.17) is 0 Å². The summed E-state index contributed by atoms with van der Waals surface area (Å²) >= 11 is 0. The second-order valence-electron chi connectivity index (χ2n) is 4.45. The summed E-state index contributed by atoms with van der Waals surface area (Å²) in [7, 11) is 0. The van der Waals surface area contributed by atoms with Crippen LogP contribution in [0.5, 0.6) is 0 Å². The number of rotatable bonds is 7. The number of amides is 1. The molecule has 0 bridgehead atoms. The standard InChI is InChI=1S/C15H23NO/c1-3-5-11-14(4-2)15(17)16-12-13-9-7-6-8-10-13/h6-10,14H,3-5,11-12H2,1-2H3,(H,16,17)/t14-/m1/s1. The zero-order valence-electron chi connectivity index (χ0n) is 10.9. The van der Waals surface area contributed by atoms with E-state index in [1.807, 2.05) is 30.3 Å². The summed E-state index contributed by atoms with van der Waals surface area (Å²) in [4.78, 5) is 11.9. The van der Waals surface area contributed by atoms with Crippen molar-refractivity contribution >= 4 is 5.91 Å². The Balaban J connectivity index is 2.37. The van der Waals surface area contributed by atoms with Gasteiger partial charge < -0.3 is 5.32 Å². The molecule has 2 nitrogen and oxygen atoms in total. The lowest BCUT2D eigenvalue weighted by Crippen LogP contribution is -2.29. The number of hydrogen-bond donors (Lipinski definition) is 1. The highest BCUT2D eigenvalue weighted by Crippen LogP contribution is 2.12. The van der Waals surface area contributed by atoms with Gasteiger partial charge in [-0.3, -0.25) is 4.79 Å². The van der Waals surface area contributed by atoms with Gasteiger partial charge in [-0.15, -0.1) is 0 Å². The van der Waals surface area contributed by atoms with Gasteiger partial charge in [-0.1, -0.05) is 57.0 Å². The molecule has 0 spiro atoms. The molecule has 0 unspecified atom stereocenters. The van der Waals surface area contributed by atoms with Crippen LogP contribution >= 0.6 is 0 Å². The van der Waals surface area contributed by atoms with Crippen LogP contribution in [0.3, 0.4) is 0 Å². The van der Waals surface area contributed by atoms with Crippen LogP contribution < -0.4 is 5.32 Å². The maximum atomic E-state index is 11.9. The first-order valence-corrected chi connectivity index (χ1v) is 6.59. The predicted molar refractivity (Wildman–Crippen MR) is 71.6 cm³/mol. The summed E-state index contributed by atoms with van der Waals surface area (Å²) in [6.07, 6.45) is 4.23. The summed E-state index contributed by atoms with van der Waals surface area (Å²) < 4.78 is 0. The van der Waals surface area contributed by atoms with Gasteiger partial charge in [-0.2, -0.15) is 0 Å². The fraction of sp³-hybridized carbons (Fsp3) is 0.533. The summed E-state index contributed by atoms with van der Waals surface area (Å²) in [5.74, 6) is 0.378. The SMILES string of the molecule is CCCC[C@@H](CC)C(=O)NCc1ccccc1. The van der Waals surface area contributed by atoms with E-state index >= 15 is 0 Å². The molecular weight excluding hydrogens is 210 g/mol. The van der Waals surface area contributed by atoms with Gasteiger partial charge in [0.05, 0.1) is 0 Å². The van der Waals surface area contributed by atoms with Crippen LogP contribution in [0.15, 0.2) is 30.3 Å². The Morgan fingerprint density at radius 2 is 1.94 bits per heavy atom. The lowest BCUT2D eigenvalue weighted by atomic mass is 9.98. The highest BCUT2D eigenvalue weighted by atomic mass is 16.1. The van der Waals surface area contributed by atoms with Crippen molar-refractivity contribution in [3.63, 3.8) is 0 Å². The molecule has 1 rings (SSSR count). The van der Waals surface area contributed by atoms with E-state index in [2.05, 4.69) is 19.2 Å². The summed E-state index contributed by atoms with van der Waals surface area (Å²) in [5, 5.41) is 3.02. The average molecular weight is 233 g/mol. The molecule has 1 N–H and O–H groups in total. The van der Waals surface area contributed by atoms with Gasteiger partial charge in [-0.25, -0.2) is 0 Å². The van der Waals surface area contributed by atoms with E-state index in [0.29, 0.717) is 6.54 Å². The lowest BCUT2D eigenvalue weighted by Gasteiger charge is -2.14. The molecule has 1 aromatic carbocycles. The fourth-order valence-corrected chi connectivity index (χ4v) is 1.90. The van der Waals surface area contributed by atoms with E-state index in [9.17, 15) is 4.79 Å². The Hall–Kier alpha value is -1.31. The van der Waals surface area contributed by atoms with Crippen LogP contribution in [-0.2, 0) is 11.3 Å². The van der Waals surface area contributed by atoms with Crippen molar-refractivity contribution in [2.45, 2.75) is 46.1 Å². The molecule has 0 aliphatic heterocycles. The maximum Gasteiger partial charge on any atom is 0.223 e. The number of carbonyl (C=O) groups is 1. The molecule has 0 saturated heterocycles. The normalized spacial score (nSPS) is 12.1. The fourth-order valence-electron chi connectivity index (χ4n) is 1.90. The van der Waals surface area contributed by atoms with Crippen molar-refractivity contribution < 1.29 is 4.79 Å². The number of hydrogen-bond acceptors (Lipinski definition) is 1. The van der Waals surface area contributed by atoms with E-state index in [0.717, 1.165) is 31.2 Å². The van der Waals surface area contributed by atoms with E-state index in [-0.39, 0.29) is 11.8 Å². The molecule has 1 aromatic rings. The minimum atomic E-state index is 0.179. The Bertz CT molecular complexity index is 321. The summed E-state index contributed by atoms with van der Waals surface area (Å²) in [6, 6.07) is 10.0. The first-order chi connectivity index (χ1) is 8.27. The van der Waals surface area contributed by atoms with Gasteiger partial charge in [0.15, 0.2) is 0 Å². The van der Waals surface area contributed by atoms with Crippen LogP contribution in [0, 0.1) is 5.92 Å². The van der Waals surface area contributed by atoms with Crippen molar-refractivity contribution in [2.24, 2.45) is 5.92 Å². The largest absolute Gasteiger partial charge is 0.352 e. The zero-order chi connectivity index (χ0) is 12.5. The number of benzene rings is 1. The quantitative estimate of drug-likeness (QED) is 0.767. The topological polar surface area (TPSA) is 29.1 Å². The Kier molecular flexibility index (Phi) is 6.38. The molecule has 0 aliphatic rings. The highest BCUT2D eigenvalue weighted by Gasteiger charge is 2.14. The number of nitrogens with one attached hydrogen (secondary N) is 1. The van der Waals surface area contributed by atoms with Gasteiger partial charge in [0.25, 0.3) is 0 Å². The third kappa shape index (κ3) is 5.03. The van der Waals surface area contributed by atoms with Crippen molar-refractivity contribution in [3.8, 4) is 0 Å². The molecular formula is C15H23NO. The first-order valence-electron chi connectivity index (χ1n) is 6.59. The molecule has 0 heterocycles.